The summed E-state index contributed by atoms with van der Waals surface area (Å²) in [5.41, 5.74) is 8.19. The largest absolute Gasteiger partial charge is 0.384 e. The minimum Gasteiger partial charge on any atom is -0.384 e. The standard InChI is InChI=1S/C12H17N3O2S/c1-8-9(2)15(12(14)11(8)6-13)10-4-3-5-18(16,17)7-10/h10H,3-5,7,14H2,1-2H3. The van der Waals surface area contributed by atoms with Gasteiger partial charge in [-0.1, -0.05) is 0 Å². The zero-order chi connectivity index (χ0) is 13.5. The molecule has 1 saturated heterocycles. The summed E-state index contributed by atoms with van der Waals surface area (Å²) in [5.74, 6) is 0.778. The van der Waals surface area contributed by atoms with Gasteiger partial charge in [-0.15, -0.1) is 0 Å². The van der Waals surface area contributed by atoms with E-state index in [1.54, 1.807) is 0 Å². The first-order valence-electron chi connectivity index (χ1n) is 5.94. The number of hydrogen-bond donors (Lipinski definition) is 1. The van der Waals surface area contributed by atoms with Crippen molar-refractivity contribution in [2.24, 2.45) is 0 Å². The second kappa shape index (κ2) is 4.32. The number of nitrogens with zero attached hydrogens (tertiary/aromatic N) is 2. The van der Waals surface area contributed by atoms with Gasteiger partial charge in [0, 0.05) is 11.7 Å². The second-order valence-corrected chi connectivity index (χ2v) is 7.09. The highest BCUT2D eigenvalue weighted by atomic mass is 32.2. The third kappa shape index (κ3) is 1.99. The van der Waals surface area contributed by atoms with E-state index in [0.717, 1.165) is 17.7 Å². The topological polar surface area (TPSA) is 88.9 Å². The molecule has 2 N–H and O–H groups in total. The number of rotatable bonds is 1. The SMILES string of the molecule is Cc1c(C#N)c(N)n(C2CCCS(=O)(=O)C2)c1C. The summed E-state index contributed by atoms with van der Waals surface area (Å²) in [7, 11) is -2.98. The van der Waals surface area contributed by atoms with Gasteiger partial charge in [-0.25, -0.2) is 8.42 Å². The molecule has 98 valence electrons. The van der Waals surface area contributed by atoms with Gasteiger partial charge in [-0.3, -0.25) is 0 Å². The Bertz CT molecular complexity index is 623. The van der Waals surface area contributed by atoms with Crippen LogP contribution in [0, 0.1) is 25.2 Å². The minimum absolute atomic E-state index is 0.122. The molecule has 1 fully saturated rings. The summed E-state index contributed by atoms with van der Waals surface area (Å²) < 4.78 is 25.2. The van der Waals surface area contributed by atoms with Crippen molar-refractivity contribution >= 4 is 15.7 Å². The minimum atomic E-state index is -2.98. The molecule has 1 aliphatic heterocycles. The molecule has 1 aliphatic rings. The van der Waals surface area contributed by atoms with Crippen LogP contribution in [0.25, 0.3) is 0 Å². The van der Waals surface area contributed by atoms with Gasteiger partial charge in [0.15, 0.2) is 9.84 Å². The maximum Gasteiger partial charge on any atom is 0.152 e. The first-order valence-corrected chi connectivity index (χ1v) is 7.77. The molecular formula is C12H17N3O2S. The number of aromatic nitrogens is 1. The van der Waals surface area contributed by atoms with Crippen molar-refractivity contribution in [3.63, 3.8) is 0 Å². The molecule has 1 atom stereocenters. The maximum absolute atomic E-state index is 11.7. The highest BCUT2D eigenvalue weighted by Crippen LogP contribution is 2.32. The van der Waals surface area contributed by atoms with Crippen LogP contribution in [0.4, 0.5) is 5.82 Å². The van der Waals surface area contributed by atoms with Crippen LogP contribution in [-0.2, 0) is 9.84 Å². The van der Waals surface area contributed by atoms with E-state index in [1.807, 2.05) is 18.4 Å². The van der Waals surface area contributed by atoms with Crippen LogP contribution in [0.5, 0.6) is 0 Å². The van der Waals surface area contributed by atoms with E-state index >= 15 is 0 Å². The molecule has 0 aromatic carbocycles. The van der Waals surface area contributed by atoms with E-state index in [-0.39, 0.29) is 17.5 Å². The Morgan fingerprint density at radius 3 is 2.61 bits per heavy atom. The zero-order valence-electron chi connectivity index (χ0n) is 10.6. The molecule has 1 unspecified atom stereocenters. The van der Waals surface area contributed by atoms with Gasteiger partial charge < -0.3 is 10.3 Å². The van der Waals surface area contributed by atoms with E-state index in [9.17, 15) is 8.42 Å². The van der Waals surface area contributed by atoms with Gasteiger partial charge in [0.05, 0.1) is 17.1 Å². The molecule has 0 aliphatic carbocycles. The van der Waals surface area contributed by atoms with Gasteiger partial charge in [0.2, 0.25) is 0 Å². The van der Waals surface area contributed by atoms with Crippen molar-refractivity contribution in [2.45, 2.75) is 32.7 Å². The third-order valence-electron chi connectivity index (χ3n) is 3.71. The molecule has 5 nitrogen and oxygen atoms in total. The molecule has 0 radical (unpaired) electrons. The molecule has 2 heterocycles. The predicted molar refractivity (Wildman–Crippen MR) is 70.0 cm³/mol. The van der Waals surface area contributed by atoms with Gasteiger partial charge in [0.25, 0.3) is 0 Å². The number of anilines is 1. The van der Waals surface area contributed by atoms with Crippen LogP contribution in [0.2, 0.25) is 0 Å². The summed E-state index contributed by atoms with van der Waals surface area (Å²) in [6.45, 7) is 3.73. The zero-order valence-corrected chi connectivity index (χ0v) is 11.4. The van der Waals surface area contributed by atoms with Crippen LogP contribution >= 0.6 is 0 Å². The smallest absolute Gasteiger partial charge is 0.152 e. The first kappa shape index (κ1) is 13.0. The van der Waals surface area contributed by atoms with Crippen molar-refractivity contribution in [1.29, 1.82) is 5.26 Å². The Balaban J connectivity index is 2.50. The highest BCUT2D eigenvalue weighted by Gasteiger charge is 2.29. The summed E-state index contributed by atoms with van der Waals surface area (Å²) in [6.07, 6.45) is 1.45. The van der Waals surface area contributed by atoms with Crippen LogP contribution < -0.4 is 5.73 Å². The lowest BCUT2D eigenvalue weighted by Gasteiger charge is -2.26. The molecule has 0 spiro atoms. The molecule has 1 aromatic rings. The van der Waals surface area contributed by atoms with Crippen LogP contribution in [-0.4, -0.2) is 24.5 Å². The Labute approximate surface area is 107 Å². The lowest BCUT2D eigenvalue weighted by molar-refractivity contribution is 0.469. The lowest BCUT2D eigenvalue weighted by atomic mass is 10.1. The summed E-state index contributed by atoms with van der Waals surface area (Å²) in [6, 6.07) is 1.95. The van der Waals surface area contributed by atoms with Gasteiger partial charge in [-0.05, 0) is 32.3 Å². The van der Waals surface area contributed by atoms with E-state index in [1.165, 1.54) is 0 Å². The fraction of sp³-hybridized carbons (Fsp3) is 0.583. The van der Waals surface area contributed by atoms with Crippen molar-refractivity contribution in [1.82, 2.24) is 4.57 Å². The van der Waals surface area contributed by atoms with Gasteiger partial charge >= 0.3 is 0 Å². The molecule has 0 bridgehead atoms. The number of nitrogens with two attached hydrogens (primary N) is 1. The molecule has 0 saturated carbocycles. The van der Waals surface area contributed by atoms with Crippen molar-refractivity contribution in [3.8, 4) is 6.07 Å². The van der Waals surface area contributed by atoms with Crippen molar-refractivity contribution in [2.75, 3.05) is 17.2 Å². The third-order valence-corrected chi connectivity index (χ3v) is 5.51. The average molecular weight is 267 g/mol. The van der Waals surface area contributed by atoms with Crippen molar-refractivity contribution < 1.29 is 8.42 Å². The van der Waals surface area contributed by atoms with E-state index in [2.05, 4.69) is 6.07 Å². The Hall–Kier alpha value is -1.48. The van der Waals surface area contributed by atoms with Gasteiger partial charge in [-0.2, -0.15) is 5.26 Å². The number of nitriles is 1. The molecule has 1 aromatic heterocycles. The Kier molecular flexibility index (Phi) is 3.11. The number of nitrogen functional groups attached to an aromatic ring is 1. The Morgan fingerprint density at radius 1 is 1.44 bits per heavy atom. The normalized spacial score (nSPS) is 22.6. The molecule has 0 amide bonds. The van der Waals surface area contributed by atoms with E-state index in [0.29, 0.717) is 17.8 Å². The second-order valence-electron chi connectivity index (χ2n) is 4.86. The van der Waals surface area contributed by atoms with Crippen LogP contribution in [0.15, 0.2) is 0 Å². The number of hydrogen-bond acceptors (Lipinski definition) is 4. The Morgan fingerprint density at radius 2 is 2.11 bits per heavy atom. The molecule has 6 heteroatoms. The maximum atomic E-state index is 11.7. The highest BCUT2D eigenvalue weighted by molar-refractivity contribution is 7.91. The average Bonchev–Trinajstić information content (AvgIpc) is 2.49. The molecule has 18 heavy (non-hydrogen) atoms. The molecular weight excluding hydrogens is 250 g/mol. The van der Waals surface area contributed by atoms with E-state index in [4.69, 9.17) is 11.0 Å². The fourth-order valence-electron chi connectivity index (χ4n) is 2.67. The van der Waals surface area contributed by atoms with E-state index < -0.39 is 9.84 Å². The number of sulfone groups is 1. The first-order chi connectivity index (χ1) is 8.37. The predicted octanol–water partition coefficient (Wildman–Crippen LogP) is 1.31. The monoisotopic (exact) mass is 267 g/mol. The quantitative estimate of drug-likeness (QED) is 0.830. The molecule has 2 rings (SSSR count). The van der Waals surface area contributed by atoms with Crippen LogP contribution in [0.3, 0.4) is 0 Å². The summed E-state index contributed by atoms with van der Waals surface area (Å²) >= 11 is 0. The fourth-order valence-corrected chi connectivity index (χ4v) is 4.34. The lowest BCUT2D eigenvalue weighted by Crippen LogP contribution is -2.28. The summed E-state index contributed by atoms with van der Waals surface area (Å²) in [4.78, 5) is 0. The summed E-state index contributed by atoms with van der Waals surface area (Å²) in [5, 5.41) is 9.08. The van der Waals surface area contributed by atoms with Crippen LogP contribution in [0.1, 0.15) is 35.7 Å². The van der Waals surface area contributed by atoms with Crippen molar-refractivity contribution in [3.05, 3.63) is 16.8 Å². The van der Waals surface area contributed by atoms with Gasteiger partial charge in [0.1, 0.15) is 11.9 Å².